The van der Waals surface area contributed by atoms with E-state index in [9.17, 15) is 9.59 Å². The van der Waals surface area contributed by atoms with Crippen LogP contribution >= 0.6 is 0 Å². The fraction of sp³-hybridized carbons (Fsp3) is 0.467. The molecule has 3 aromatic rings. The second-order valence-electron chi connectivity index (χ2n) is 6.74. The van der Waals surface area contributed by atoms with E-state index in [2.05, 4.69) is 25.3 Å². The Morgan fingerprint density at radius 1 is 1.25 bits per heavy atom. The van der Waals surface area contributed by atoms with Gasteiger partial charge >= 0.3 is 173 Å². The Bertz CT molecular complexity index is 1120. The molecular formula is C15H21HgN9O3. The van der Waals surface area contributed by atoms with Crippen LogP contribution in [0.2, 0.25) is 3.93 Å². The predicted molar refractivity (Wildman–Crippen MR) is 98.6 cm³/mol. The fourth-order valence-electron chi connectivity index (χ4n) is 2.85. The first-order valence-electron chi connectivity index (χ1n) is 8.60. The van der Waals surface area contributed by atoms with Crippen molar-refractivity contribution < 1.29 is 29.6 Å². The van der Waals surface area contributed by atoms with E-state index in [0.717, 1.165) is 8.50 Å². The van der Waals surface area contributed by atoms with Crippen LogP contribution in [-0.2, 0) is 43.7 Å². The molecule has 0 spiro atoms. The van der Waals surface area contributed by atoms with Crippen LogP contribution in [0.4, 0.5) is 11.9 Å². The van der Waals surface area contributed by atoms with Crippen molar-refractivity contribution in [3.63, 3.8) is 0 Å². The molecular weight excluding hydrogens is 555 g/mol. The summed E-state index contributed by atoms with van der Waals surface area (Å²) in [5.74, 6) is 0.521. The zero-order valence-corrected chi connectivity index (χ0v) is 21.7. The number of aryl methyl sites for hydroxylation is 1. The second-order valence-corrected chi connectivity index (χ2v) is 13.1. The van der Waals surface area contributed by atoms with Gasteiger partial charge in [0.15, 0.2) is 0 Å². The van der Waals surface area contributed by atoms with Crippen molar-refractivity contribution >= 4 is 23.1 Å². The second kappa shape index (κ2) is 7.95. The van der Waals surface area contributed by atoms with Gasteiger partial charge in [-0.3, -0.25) is 0 Å². The molecule has 0 amide bonds. The molecule has 0 aliphatic rings. The van der Waals surface area contributed by atoms with Gasteiger partial charge in [0.1, 0.15) is 0 Å². The molecule has 3 heterocycles. The molecule has 1 unspecified atom stereocenters. The predicted octanol–water partition coefficient (Wildman–Crippen LogP) is -1.02. The quantitative estimate of drug-likeness (QED) is 0.338. The summed E-state index contributed by atoms with van der Waals surface area (Å²) in [4.78, 5) is 40.7. The molecule has 0 saturated carbocycles. The molecule has 0 bridgehead atoms. The number of rotatable bonds is 7. The molecule has 1 atom stereocenters. The number of aromatic nitrogens is 7. The first kappa shape index (κ1) is 20.4. The van der Waals surface area contributed by atoms with Crippen molar-refractivity contribution in [3.05, 3.63) is 33.5 Å². The van der Waals surface area contributed by atoms with E-state index in [0.29, 0.717) is 23.7 Å². The molecule has 13 heteroatoms. The van der Waals surface area contributed by atoms with E-state index < -0.39 is 30.5 Å². The summed E-state index contributed by atoms with van der Waals surface area (Å²) in [5, 5.41) is 3.11. The molecule has 0 fully saturated rings. The van der Waals surface area contributed by atoms with E-state index in [-0.39, 0.29) is 17.2 Å². The van der Waals surface area contributed by atoms with Gasteiger partial charge in [0, 0.05) is 0 Å². The van der Waals surface area contributed by atoms with Crippen LogP contribution < -0.4 is 22.3 Å². The summed E-state index contributed by atoms with van der Waals surface area (Å²) in [7, 11) is 4.73. The number of nitrogens with zero attached hydrogens (tertiary/aromatic N) is 7. The molecule has 12 nitrogen and oxygen atoms in total. The minimum atomic E-state index is -1.88. The summed E-state index contributed by atoms with van der Waals surface area (Å²) in [6, 6.07) is 0. The number of fused-ring (bicyclic) bond motifs is 1. The molecule has 3 aromatic heterocycles. The van der Waals surface area contributed by atoms with Gasteiger partial charge < -0.3 is 0 Å². The minimum absolute atomic E-state index is 0.142. The van der Waals surface area contributed by atoms with Crippen LogP contribution in [0, 0.1) is 0 Å². The number of nitrogens with one attached hydrogen (secondary N) is 1. The van der Waals surface area contributed by atoms with Crippen LogP contribution in [0.5, 0.6) is 0 Å². The third kappa shape index (κ3) is 3.92. The number of methoxy groups -OCH3 is 1. The number of hydrogen-bond acceptors (Lipinski definition) is 9. The Labute approximate surface area is 172 Å². The Balaban J connectivity index is 1.80. The third-order valence-electron chi connectivity index (χ3n) is 4.80. The van der Waals surface area contributed by atoms with Gasteiger partial charge in [-0.25, -0.2) is 0 Å². The fourth-order valence-corrected chi connectivity index (χ4v) is 9.81. The molecule has 146 valence electrons. The first-order valence-corrected chi connectivity index (χ1v) is 14.9. The van der Waals surface area contributed by atoms with E-state index in [1.807, 2.05) is 9.25 Å². The average Bonchev–Trinajstić information content (AvgIpc) is 3.12. The van der Waals surface area contributed by atoms with Gasteiger partial charge in [-0.2, -0.15) is 0 Å². The van der Waals surface area contributed by atoms with Crippen molar-refractivity contribution in [1.29, 1.82) is 0 Å². The number of nitrogens with two attached hydrogens (primary N) is 1. The van der Waals surface area contributed by atoms with Crippen molar-refractivity contribution in [1.82, 2.24) is 31.4 Å². The SMILES string of the molecule is COC(C)(CNc1ncnc(N)n1)[CH2][Hg][n]1cnc2c1c(=O)n(C)c(=O)n2C. The van der Waals surface area contributed by atoms with Crippen LogP contribution in [0.1, 0.15) is 6.92 Å². The van der Waals surface area contributed by atoms with E-state index in [1.165, 1.54) is 17.9 Å². The van der Waals surface area contributed by atoms with Crippen molar-refractivity contribution in [3.8, 4) is 0 Å². The molecule has 0 saturated heterocycles. The molecule has 0 aromatic carbocycles. The van der Waals surface area contributed by atoms with Crippen molar-refractivity contribution in [2.75, 3.05) is 24.7 Å². The Morgan fingerprint density at radius 2 is 2.00 bits per heavy atom. The van der Waals surface area contributed by atoms with Crippen molar-refractivity contribution in [2.45, 2.75) is 16.5 Å². The summed E-state index contributed by atoms with van der Waals surface area (Å²) >= 11 is -1.88. The molecule has 3 rings (SSSR count). The van der Waals surface area contributed by atoms with Gasteiger partial charge in [-0.1, -0.05) is 0 Å². The van der Waals surface area contributed by atoms with E-state index >= 15 is 0 Å². The van der Waals surface area contributed by atoms with Crippen LogP contribution in [-0.4, -0.2) is 50.7 Å². The van der Waals surface area contributed by atoms with E-state index in [4.69, 9.17) is 10.5 Å². The molecule has 28 heavy (non-hydrogen) atoms. The normalized spacial score (nSPS) is 13.3. The number of nitrogen functional groups attached to an aromatic ring is 1. The topological polar surface area (TPSA) is 148 Å². The zero-order valence-electron chi connectivity index (χ0n) is 16.2. The van der Waals surface area contributed by atoms with Gasteiger partial charge in [-0.05, 0) is 0 Å². The number of anilines is 2. The van der Waals surface area contributed by atoms with Crippen molar-refractivity contribution in [2.24, 2.45) is 14.1 Å². The van der Waals surface area contributed by atoms with Gasteiger partial charge in [-0.15, -0.1) is 0 Å². The summed E-state index contributed by atoms with van der Waals surface area (Å²) in [5.41, 5.74) is 5.26. The average molecular weight is 576 g/mol. The summed E-state index contributed by atoms with van der Waals surface area (Å²) < 4.78 is 11.0. The molecule has 0 radical (unpaired) electrons. The third-order valence-corrected chi connectivity index (χ3v) is 13.5. The summed E-state index contributed by atoms with van der Waals surface area (Å²) in [6.45, 7) is 2.45. The van der Waals surface area contributed by atoms with E-state index in [1.54, 1.807) is 20.5 Å². The summed E-state index contributed by atoms with van der Waals surface area (Å²) in [6.07, 6.45) is 3.00. The monoisotopic (exact) mass is 577 g/mol. The van der Waals surface area contributed by atoms with Crippen LogP contribution in [0.3, 0.4) is 0 Å². The standard InChI is InChI=1S/C8H14N5O.C7H8N4O2.Hg/c1-8(2,14-3)4-10-7-12-5-11-6(9)13-7;1-10-5-4(8-3-9-5)6(12)11(2)7(10)13;/h5H,1,4H2,2-3H3,(H3,9,10,11,12,13);3H,1-2H3,(H,8,9,12);/q;;+1/p-1. The number of hydrogen-bond donors (Lipinski definition) is 2. The number of imidazole rings is 1. The van der Waals surface area contributed by atoms with Crippen LogP contribution in [0.25, 0.3) is 11.2 Å². The zero-order chi connectivity index (χ0) is 20.5. The van der Waals surface area contributed by atoms with Gasteiger partial charge in [0.25, 0.3) is 0 Å². The Kier molecular flexibility index (Phi) is 5.79. The van der Waals surface area contributed by atoms with Gasteiger partial charge in [0.2, 0.25) is 0 Å². The first-order chi connectivity index (χ1) is 13.3. The maximum absolute atomic E-state index is 12.6. The maximum atomic E-state index is 12.6. The molecule has 3 N–H and O–H groups in total. The Hall–Kier alpha value is -2.34. The van der Waals surface area contributed by atoms with Gasteiger partial charge in [0.05, 0.1) is 0 Å². The number of ether oxygens (including phenoxy) is 1. The van der Waals surface area contributed by atoms with Crippen LogP contribution in [0.15, 0.2) is 22.2 Å². The Morgan fingerprint density at radius 3 is 2.68 bits per heavy atom. The molecule has 0 aliphatic carbocycles. The molecule has 0 aliphatic heterocycles.